The summed E-state index contributed by atoms with van der Waals surface area (Å²) in [7, 11) is 0. The van der Waals surface area contributed by atoms with Crippen LogP contribution in [0.1, 0.15) is 24.5 Å². The second-order valence-electron chi connectivity index (χ2n) is 5.20. The summed E-state index contributed by atoms with van der Waals surface area (Å²) in [5.41, 5.74) is 7.79. The highest BCUT2D eigenvalue weighted by atomic mass is 35.5. The lowest BCUT2D eigenvalue weighted by Crippen LogP contribution is -2.41. The first-order valence-corrected chi connectivity index (χ1v) is 6.85. The van der Waals surface area contributed by atoms with Crippen molar-refractivity contribution in [1.82, 2.24) is 4.90 Å². The average Bonchev–Trinajstić information content (AvgIpc) is 2.36. The van der Waals surface area contributed by atoms with Gasteiger partial charge in [-0.25, -0.2) is 0 Å². The van der Waals surface area contributed by atoms with E-state index in [9.17, 15) is 5.11 Å². The summed E-state index contributed by atoms with van der Waals surface area (Å²) in [5, 5.41) is 10.5. The fraction of sp³-hybridized carbons (Fsp3) is 0.571. The van der Waals surface area contributed by atoms with Gasteiger partial charge in [0.25, 0.3) is 0 Å². The molecule has 2 rings (SSSR count). The number of hydrogen-bond acceptors (Lipinski definition) is 3. The van der Waals surface area contributed by atoms with Crippen molar-refractivity contribution in [2.45, 2.75) is 32.5 Å². The largest absolute Gasteiger partial charge is 0.393 e. The summed E-state index contributed by atoms with van der Waals surface area (Å²) < 4.78 is 0. The lowest BCUT2D eigenvalue weighted by molar-refractivity contribution is 0.0320. The maximum Gasteiger partial charge on any atom is 0.0590 e. The van der Waals surface area contributed by atoms with Gasteiger partial charge in [-0.3, -0.25) is 4.90 Å². The van der Waals surface area contributed by atoms with E-state index in [0.717, 1.165) is 42.2 Å². The average molecular weight is 269 g/mol. The zero-order valence-electron chi connectivity index (χ0n) is 10.8. The minimum absolute atomic E-state index is 0.156. The van der Waals surface area contributed by atoms with E-state index in [1.165, 1.54) is 0 Å². The number of aliphatic hydroxyl groups excluding tert-OH is 1. The van der Waals surface area contributed by atoms with E-state index >= 15 is 0 Å². The summed E-state index contributed by atoms with van der Waals surface area (Å²) in [6, 6.07) is 6.03. The van der Waals surface area contributed by atoms with Crippen molar-refractivity contribution in [3.63, 3.8) is 0 Å². The van der Waals surface area contributed by atoms with Gasteiger partial charge in [-0.2, -0.15) is 0 Å². The quantitative estimate of drug-likeness (QED) is 0.882. The number of halogens is 1. The van der Waals surface area contributed by atoms with Crippen molar-refractivity contribution in [2.75, 3.05) is 13.1 Å². The molecule has 0 radical (unpaired) electrons. The summed E-state index contributed by atoms with van der Waals surface area (Å²) >= 11 is 6.26. The van der Waals surface area contributed by atoms with E-state index in [4.69, 9.17) is 17.3 Å². The van der Waals surface area contributed by atoms with Crippen molar-refractivity contribution in [3.05, 3.63) is 34.3 Å². The molecule has 1 aliphatic rings. The monoisotopic (exact) mass is 268 g/mol. The fourth-order valence-corrected chi connectivity index (χ4v) is 2.71. The van der Waals surface area contributed by atoms with Crippen molar-refractivity contribution in [2.24, 2.45) is 11.7 Å². The molecular weight excluding hydrogens is 248 g/mol. The number of aliphatic hydroxyl groups is 1. The number of nitrogens with two attached hydrogens (primary N) is 1. The maximum absolute atomic E-state index is 9.72. The Morgan fingerprint density at radius 2 is 2.28 bits per heavy atom. The molecule has 1 saturated heterocycles. The minimum atomic E-state index is -0.156. The summed E-state index contributed by atoms with van der Waals surface area (Å²) in [6.45, 7) is 5.32. The minimum Gasteiger partial charge on any atom is -0.393 e. The van der Waals surface area contributed by atoms with Crippen LogP contribution < -0.4 is 5.73 Å². The molecular formula is C14H21ClN2O. The number of hydrogen-bond donors (Lipinski definition) is 2. The number of rotatable bonds is 3. The smallest absolute Gasteiger partial charge is 0.0590 e. The molecule has 1 heterocycles. The Bertz CT molecular complexity index is 411. The molecule has 4 heteroatoms. The van der Waals surface area contributed by atoms with Gasteiger partial charge >= 0.3 is 0 Å². The lowest BCUT2D eigenvalue weighted by atomic mass is 9.96. The van der Waals surface area contributed by atoms with E-state index in [-0.39, 0.29) is 6.10 Å². The molecule has 1 aliphatic heterocycles. The third-order valence-electron chi connectivity index (χ3n) is 3.69. The molecule has 0 bridgehead atoms. The third-order valence-corrected chi connectivity index (χ3v) is 4.04. The van der Waals surface area contributed by atoms with Gasteiger partial charge < -0.3 is 10.8 Å². The molecule has 0 saturated carbocycles. The highest BCUT2D eigenvalue weighted by molar-refractivity contribution is 6.31. The molecule has 0 amide bonds. The Hall–Kier alpha value is -0.610. The van der Waals surface area contributed by atoms with Gasteiger partial charge in [0.05, 0.1) is 6.10 Å². The Balaban J connectivity index is 2.01. The second kappa shape index (κ2) is 6.02. The number of likely N-dealkylation sites (tertiary alicyclic amines) is 1. The third kappa shape index (κ3) is 3.23. The van der Waals surface area contributed by atoms with Crippen LogP contribution in [-0.2, 0) is 13.1 Å². The first-order valence-electron chi connectivity index (χ1n) is 6.48. The molecule has 1 aromatic carbocycles. The van der Waals surface area contributed by atoms with E-state index in [0.29, 0.717) is 12.5 Å². The molecule has 18 heavy (non-hydrogen) atoms. The Labute approximate surface area is 114 Å². The molecule has 100 valence electrons. The second-order valence-corrected chi connectivity index (χ2v) is 5.61. The number of benzene rings is 1. The Morgan fingerprint density at radius 1 is 1.50 bits per heavy atom. The molecule has 3 nitrogen and oxygen atoms in total. The SMILES string of the molecule is CC1CN(Cc2ccc(CN)cc2Cl)CCC1O. The van der Waals surface area contributed by atoms with Gasteiger partial charge in [0, 0.05) is 31.2 Å². The van der Waals surface area contributed by atoms with Crippen molar-refractivity contribution < 1.29 is 5.11 Å². The van der Waals surface area contributed by atoms with Crippen LogP contribution in [-0.4, -0.2) is 29.2 Å². The Morgan fingerprint density at radius 3 is 2.89 bits per heavy atom. The van der Waals surface area contributed by atoms with Crippen LogP contribution in [0, 0.1) is 5.92 Å². The number of nitrogens with zero attached hydrogens (tertiary/aromatic N) is 1. The molecule has 0 aliphatic carbocycles. The topological polar surface area (TPSA) is 49.5 Å². The standard InChI is InChI=1S/C14H21ClN2O/c1-10-8-17(5-4-14(10)18)9-12-3-2-11(7-16)6-13(12)15/h2-3,6,10,14,18H,4-5,7-9,16H2,1H3. The summed E-state index contributed by atoms with van der Waals surface area (Å²) in [5.74, 6) is 0.334. The normalized spacial score (nSPS) is 25.3. The highest BCUT2D eigenvalue weighted by Gasteiger charge is 2.24. The molecule has 3 N–H and O–H groups in total. The zero-order valence-corrected chi connectivity index (χ0v) is 11.5. The van der Waals surface area contributed by atoms with Gasteiger partial charge in [-0.1, -0.05) is 30.7 Å². The van der Waals surface area contributed by atoms with Crippen LogP contribution >= 0.6 is 11.6 Å². The zero-order chi connectivity index (χ0) is 13.1. The Kier molecular flexibility index (Phi) is 4.62. The van der Waals surface area contributed by atoms with E-state index in [2.05, 4.69) is 17.9 Å². The summed E-state index contributed by atoms with van der Waals surface area (Å²) in [4.78, 5) is 2.35. The summed E-state index contributed by atoms with van der Waals surface area (Å²) in [6.07, 6.45) is 0.691. The van der Waals surface area contributed by atoms with Crippen LogP contribution in [0.2, 0.25) is 5.02 Å². The van der Waals surface area contributed by atoms with Crippen molar-refractivity contribution in [1.29, 1.82) is 0 Å². The molecule has 0 aromatic heterocycles. The van der Waals surface area contributed by atoms with Crippen molar-refractivity contribution in [3.8, 4) is 0 Å². The molecule has 2 atom stereocenters. The van der Waals surface area contributed by atoms with Gasteiger partial charge in [0.2, 0.25) is 0 Å². The lowest BCUT2D eigenvalue weighted by Gasteiger charge is -2.34. The molecule has 1 aromatic rings. The first-order chi connectivity index (χ1) is 8.60. The first kappa shape index (κ1) is 13.8. The van der Waals surface area contributed by atoms with Gasteiger partial charge in [0.15, 0.2) is 0 Å². The van der Waals surface area contributed by atoms with Gasteiger partial charge in [-0.05, 0) is 29.5 Å². The number of piperidine rings is 1. The van der Waals surface area contributed by atoms with E-state index in [1.54, 1.807) is 0 Å². The van der Waals surface area contributed by atoms with Crippen LogP contribution in [0.4, 0.5) is 0 Å². The van der Waals surface area contributed by atoms with Gasteiger partial charge in [-0.15, -0.1) is 0 Å². The highest BCUT2D eigenvalue weighted by Crippen LogP contribution is 2.23. The predicted molar refractivity (Wildman–Crippen MR) is 74.4 cm³/mol. The van der Waals surface area contributed by atoms with Crippen LogP contribution in [0.15, 0.2) is 18.2 Å². The fourth-order valence-electron chi connectivity index (χ4n) is 2.45. The maximum atomic E-state index is 9.72. The molecule has 2 unspecified atom stereocenters. The van der Waals surface area contributed by atoms with Gasteiger partial charge in [0.1, 0.15) is 0 Å². The van der Waals surface area contributed by atoms with Crippen LogP contribution in [0.5, 0.6) is 0 Å². The van der Waals surface area contributed by atoms with E-state index < -0.39 is 0 Å². The van der Waals surface area contributed by atoms with E-state index in [1.807, 2.05) is 12.1 Å². The molecule has 1 fully saturated rings. The van der Waals surface area contributed by atoms with Crippen molar-refractivity contribution >= 4 is 11.6 Å². The molecule has 0 spiro atoms. The van der Waals surface area contributed by atoms with Crippen LogP contribution in [0.3, 0.4) is 0 Å². The predicted octanol–water partition coefficient (Wildman–Crippen LogP) is 2.00. The van der Waals surface area contributed by atoms with Crippen LogP contribution in [0.25, 0.3) is 0 Å².